The number of benzene rings is 2. The summed E-state index contributed by atoms with van der Waals surface area (Å²) in [6, 6.07) is 16.0. The van der Waals surface area contributed by atoms with E-state index in [1.165, 1.54) is 11.3 Å². The zero-order valence-corrected chi connectivity index (χ0v) is 16.0. The summed E-state index contributed by atoms with van der Waals surface area (Å²) in [6.07, 6.45) is 0.948. The minimum atomic E-state index is 0.0151. The van der Waals surface area contributed by atoms with E-state index in [1.807, 2.05) is 30.3 Å². The van der Waals surface area contributed by atoms with Crippen molar-refractivity contribution in [3.8, 4) is 0 Å². The van der Waals surface area contributed by atoms with Crippen molar-refractivity contribution >= 4 is 23.2 Å². The first-order valence-electron chi connectivity index (χ1n) is 9.25. The van der Waals surface area contributed by atoms with Gasteiger partial charge in [0.2, 0.25) is 0 Å². The third kappa shape index (κ3) is 4.99. The fourth-order valence-corrected chi connectivity index (χ4v) is 3.35. The van der Waals surface area contributed by atoms with Crippen molar-refractivity contribution in [2.24, 2.45) is 0 Å². The number of hydrogen-bond acceptors (Lipinski definition) is 3. The molecule has 2 aromatic rings. The molecule has 0 saturated carbocycles. The number of hydrogen-bond donors (Lipinski definition) is 1. The molecule has 1 heterocycles. The van der Waals surface area contributed by atoms with Crippen LogP contribution in [0.3, 0.4) is 0 Å². The van der Waals surface area contributed by atoms with Gasteiger partial charge in [0.1, 0.15) is 0 Å². The van der Waals surface area contributed by atoms with Crippen molar-refractivity contribution in [2.75, 3.05) is 37.6 Å². The largest absolute Gasteiger partial charge is 0.369 e. The normalized spacial score (nSPS) is 15.1. The Labute approximate surface area is 160 Å². The van der Waals surface area contributed by atoms with E-state index >= 15 is 0 Å². The summed E-state index contributed by atoms with van der Waals surface area (Å²) in [7, 11) is 0. The molecule has 4 nitrogen and oxygen atoms in total. The molecule has 1 N–H and O–H groups in total. The van der Waals surface area contributed by atoms with Crippen LogP contribution < -0.4 is 10.2 Å². The van der Waals surface area contributed by atoms with Gasteiger partial charge >= 0.3 is 0 Å². The first kappa shape index (κ1) is 18.7. The van der Waals surface area contributed by atoms with E-state index in [0.29, 0.717) is 0 Å². The third-order valence-corrected chi connectivity index (χ3v) is 4.95. The van der Waals surface area contributed by atoms with Crippen molar-refractivity contribution in [2.45, 2.75) is 19.9 Å². The van der Waals surface area contributed by atoms with Crippen molar-refractivity contribution in [1.82, 2.24) is 10.2 Å². The second kappa shape index (κ2) is 9.06. The van der Waals surface area contributed by atoms with Crippen LogP contribution in [-0.4, -0.2) is 43.5 Å². The zero-order valence-electron chi connectivity index (χ0n) is 15.2. The van der Waals surface area contributed by atoms with Crippen LogP contribution in [0.5, 0.6) is 0 Å². The van der Waals surface area contributed by atoms with Crippen molar-refractivity contribution in [1.29, 1.82) is 0 Å². The Morgan fingerprint density at radius 1 is 1.08 bits per heavy atom. The highest BCUT2D eigenvalue weighted by atomic mass is 35.5. The van der Waals surface area contributed by atoms with E-state index in [9.17, 15) is 4.79 Å². The minimum Gasteiger partial charge on any atom is -0.369 e. The molecular weight excluding hydrogens is 346 g/mol. The Morgan fingerprint density at radius 3 is 2.50 bits per heavy atom. The Morgan fingerprint density at radius 2 is 1.81 bits per heavy atom. The summed E-state index contributed by atoms with van der Waals surface area (Å²) in [4.78, 5) is 17.0. The number of anilines is 1. The average Bonchev–Trinajstić information content (AvgIpc) is 2.67. The lowest BCUT2D eigenvalue weighted by Gasteiger charge is -2.36. The third-order valence-electron chi connectivity index (χ3n) is 4.69. The molecule has 0 aliphatic carbocycles. The monoisotopic (exact) mass is 371 g/mol. The Hall–Kier alpha value is -2.04. The van der Waals surface area contributed by atoms with Crippen LogP contribution in [0.15, 0.2) is 48.5 Å². The molecule has 3 rings (SSSR count). The molecule has 0 spiro atoms. The SMILES string of the molecule is CCCNC(=O)c1cccc(CN2CCN(c3ccc(Cl)cc3)CC2)c1. The van der Waals surface area contributed by atoms with Gasteiger partial charge in [-0.2, -0.15) is 0 Å². The first-order chi connectivity index (χ1) is 12.7. The molecule has 0 radical (unpaired) electrons. The smallest absolute Gasteiger partial charge is 0.251 e. The van der Waals surface area contributed by atoms with Gasteiger partial charge in [0, 0.05) is 55.5 Å². The molecule has 1 fully saturated rings. The lowest BCUT2D eigenvalue weighted by atomic mass is 10.1. The predicted molar refractivity (Wildman–Crippen MR) is 108 cm³/mol. The quantitative estimate of drug-likeness (QED) is 0.838. The fraction of sp³-hybridized carbons (Fsp3) is 0.381. The maximum Gasteiger partial charge on any atom is 0.251 e. The summed E-state index contributed by atoms with van der Waals surface area (Å²) in [5, 5.41) is 3.71. The molecule has 1 amide bonds. The summed E-state index contributed by atoms with van der Waals surface area (Å²) in [6.45, 7) is 7.67. The Bertz CT molecular complexity index is 724. The average molecular weight is 372 g/mol. The fourth-order valence-electron chi connectivity index (χ4n) is 3.23. The Balaban J connectivity index is 1.54. The number of piperazine rings is 1. The van der Waals surface area contributed by atoms with Crippen LogP contribution in [-0.2, 0) is 6.54 Å². The van der Waals surface area contributed by atoms with E-state index in [4.69, 9.17) is 11.6 Å². The summed E-state index contributed by atoms with van der Waals surface area (Å²) in [5.74, 6) is 0.0151. The summed E-state index contributed by atoms with van der Waals surface area (Å²) < 4.78 is 0. The standard InChI is InChI=1S/C21H26ClN3O/c1-2-10-23-21(26)18-5-3-4-17(15-18)16-24-11-13-25(14-12-24)20-8-6-19(22)7-9-20/h3-9,15H,2,10-14,16H2,1H3,(H,23,26). The number of rotatable bonds is 6. The molecule has 0 bridgehead atoms. The molecule has 0 atom stereocenters. The molecule has 1 saturated heterocycles. The maximum atomic E-state index is 12.1. The molecule has 1 aliphatic rings. The Kier molecular flexibility index (Phi) is 6.53. The molecule has 0 aromatic heterocycles. The van der Waals surface area contributed by atoms with Crippen LogP contribution in [0.4, 0.5) is 5.69 Å². The molecule has 138 valence electrons. The highest BCUT2D eigenvalue weighted by Crippen LogP contribution is 2.20. The van der Waals surface area contributed by atoms with Crippen LogP contribution in [0.1, 0.15) is 29.3 Å². The van der Waals surface area contributed by atoms with E-state index < -0.39 is 0 Å². The second-order valence-electron chi connectivity index (χ2n) is 6.70. The maximum absolute atomic E-state index is 12.1. The number of amides is 1. The van der Waals surface area contributed by atoms with Gasteiger partial charge in [0.05, 0.1) is 0 Å². The van der Waals surface area contributed by atoms with Gasteiger partial charge < -0.3 is 10.2 Å². The van der Waals surface area contributed by atoms with E-state index in [-0.39, 0.29) is 5.91 Å². The van der Waals surface area contributed by atoms with Crippen molar-refractivity contribution in [3.05, 3.63) is 64.7 Å². The van der Waals surface area contributed by atoms with E-state index in [2.05, 4.69) is 40.2 Å². The van der Waals surface area contributed by atoms with Crippen LogP contribution in [0.25, 0.3) is 0 Å². The van der Waals surface area contributed by atoms with Gasteiger partial charge in [-0.25, -0.2) is 0 Å². The first-order valence-corrected chi connectivity index (χ1v) is 9.63. The van der Waals surface area contributed by atoms with Gasteiger partial charge in [-0.1, -0.05) is 30.7 Å². The highest BCUT2D eigenvalue weighted by Gasteiger charge is 2.17. The van der Waals surface area contributed by atoms with E-state index in [1.54, 1.807) is 0 Å². The highest BCUT2D eigenvalue weighted by molar-refractivity contribution is 6.30. The lowest BCUT2D eigenvalue weighted by Crippen LogP contribution is -2.45. The molecular formula is C21H26ClN3O. The summed E-state index contributed by atoms with van der Waals surface area (Å²) in [5.41, 5.74) is 3.16. The molecule has 5 heteroatoms. The van der Waals surface area contributed by atoms with Gasteiger partial charge in [-0.3, -0.25) is 9.69 Å². The molecule has 2 aromatic carbocycles. The van der Waals surface area contributed by atoms with Crippen LogP contribution in [0.2, 0.25) is 5.02 Å². The predicted octanol–water partition coefficient (Wildman–Crippen LogP) is 3.80. The number of halogens is 1. The van der Waals surface area contributed by atoms with Gasteiger partial charge in [0.25, 0.3) is 5.91 Å². The van der Waals surface area contributed by atoms with Gasteiger partial charge in [0.15, 0.2) is 0 Å². The number of carbonyl (C=O) groups is 1. The molecule has 0 unspecified atom stereocenters. The molecule has 26 heavy (non-hydrogen) atoms. The van der Waals surface area contributed by atoms with Crippen LogP contribution >= 0.6 is 11.6 Å². The zero-order chi connectivity index (χ0) is 18.4. The van der Waals surface area contributed by atoms with Gasteiger partial charge in [-0.15, -0.1) is 0 Å². The van der Waals surface area contributed by atoms with Crippen molar-refractivity contribution in [3.63, 3.8) is 0 Å². The van der Waals surface area contributed by atoms with Crippen LogP contribution in [0, 0.1) is 0 Å². The number of carbonyl (C=O) groups excluding carboxylic acids is 1. The topological polar surface area (TPSA) is 35.6 Å². The minimum absolute atomic E-state index is 0.0151. The van der Waals surface area contributed by atoms with Crippen molar-refractivity contribution < 1.29 is 4.79 Å². The number of nitrogens with one attached hydrogen (secondary N) is 1. The second-order valence-corrected chi connectivity index (χ2v) is 7.13. The van der Waals surface area contributed by atoms with Gasteiger partial charge in [-0.05, 0) is 48.4 Å². The summed E-state index contributed by atoms with van der Waals surface area (Å²) >= 11 is 5.97. The molecule has 1 aliphatic heterocycles. The number of nitrogens with zero attached hydrogens (tertiary/aromatic N) is 2. The lowest BCUT2D eigenvalue weighted by molar-refractivity contribution is 0.0953. The van der Waals surface area contributed by atoms with E-state index in [0.717, 1.165) is 56.3 Å².